The van der Waals surface area contributed by atoms with E-state index in [1.807, 2.05) is 11.9 Å². The Morgan fingerprint density at radius 3 is 2.83 bits per heavy atom. The van der Waals surface area contributed by atoms with Gasteiger partial charge < -0.3 is 15.7 Å². The molecule has 1 aromatic rings. The molecule has 5 heteroatoms. The van der Waals surface area contributed by atoms with E-state index in [0.717, 1.165) is 25.7 Å². The molecule has 1 fully saturated rings. The molecule has 0 aromatic carbocycles. The summed E-state index contributed by atoms with van der Waals surface area (Å²) in [6.07, 6.45) is 5.49. The van der Waals surface area contributed by atoms with Gasteiger partial charge in [0.25, 0.3) is 0 Å². The number of nitrogen functional groups attached to an aromatic ring is 1. The summed E-state index contributed by atoms with van der Waals surface area (Å²) < 4.78 is 0. The summed E-state index contributed by atoms with van der Waals surface area (Å²) in [5.41, 5.74) is 5.54. The van der Waals surface area contributed by atoms with Crippen LogP contribution in [0.1, 0.15) is 31.2 Å². The lowest BCUT2D eigenvalue weighted by atomic mass is 10.0. The second-order valence-corrected chi connectivity index (χ2v) is 5.08. The lowest BCUT2D eigenvalue weighted by Gasteiger charge is -2.30. The third-order valence-corrected chi connectivity index (χ3v) is 3.50. The molecule has 0 aliphatic heterocycles. The van der Waals surface area contributed by atoms with Gasteiger partial charge in [0.1, 0.15) is 11.7 Å². The van der Waals surface area contributed by atoms with Gasteiger partial charge in [-0.25, -0.2) is 4.98 Å². The molecular weight excluding hydrogens is 228 g/mol. The van der Waals surface area contributed by atoms with Crippen LogP contribution in [0.4, 0.5) is 5.82 Å². The molecule has 98 valence electrons. The van der Waals surface area contributed by atoms with Gasteiger partial charge in [0, 0.05) is 19.8 Å². The monoisotopic (exact) mass is 248 g/mol. The van der Waals surface area contributed by atoms with Crippen LogP contribution in [0.25, 0.3) is 0 Å². The van der Waals surface area contributed by atoms with Crippen molar-refractivity contribution in [2.24, 2.45) is 5.73 Å². The van der Waals surface area contributed by atoms with Crippen molar-refractivity contribution < 1.29 is 5.11 Å². The summed E-state index contributed by atoms with van der Waals surface area (Å²) in [5, 5.41) is 17.9. The Hall–Kier alpha value is -1.62. The average Bonchev–Trinajstić information content (AvgIpc) is 2.75. The third-order valence-electron chi connectivity index (χ3n) is 3.50. The van der Waals surface area contributed by atoms with Crippen molar-refractivity contribution in [3.8, 4) is 0 Å². The molecule has 1 aliphatic carbocycles. The SMILES string of the molecule is CN(CC1(O)CCCC1)c1ncccc1C(=N)N. The molecule has 0 atom stereocenters. The van der Waals surface area contributed by atoms with Gasteiger partial charge in [0.15, 0.2) is 0 Å². The minimum Gasteiger partial charge on any atom is -0.388 e. The molecule has 1 saturated carbocycles. The number of aliphatic hydroxyl groups is 1. The third kappa shape index (κ3) is 2.61. The van der Waals surface area contributed by atoms with Gasteiger partial charge in [0.2, 0.25) is 0 Å². The first-order valence-corrected chi connectivity index (χ1v) is 6.25. The number of anilines is 1. The highest BCUT2D eigenvalue weighted by molar-refractivity contribution is 5.99. The zero-order chi connectivity index (χ0) is 13.2. The fourth-order valence-electron chi connectivity index (χ4n) is 2.62. The molecule has 1 heterocycles. The lowest BCUT2D eigenvalue weighted by Crippen LogP contribution is -2.40. The van der Waals surface area contributed by atoms with Gasteiger partial charge >= 0.3 is 0 Å². The van der Waals surface area contributed by atoms with Crippen molar-refractivity contribution in [3.05, 3.63) is 23.9 Å². The number of hydrogen-bond acceptors (Lipinski definition) is 4. The molecule has 0 amide bonds. The Labute approximate surface area is 107 Å². The highest BCUT2D eigenvalue weighted by Gasteiger charge is 2.33. The predicted octanol–water partition coefficient (Wildman–Crippen LogP) is 1.11. The first-order chi connectivity index (χ1) is 8.52. The van der Waals surface area contributed by atoms with E-state index < -0.39 is 5.60 Å². The van der Waals surface area contributed by atoms with Crippen LogP contribution in [-0.2, 0) is 0 Å². The fraction of sp³-hybridized carbons (Fsp3) is 0.538. The van der Waals surface area contributed by atoms with Crippen molar-refractivity contribution in [3.63, 3.8) is 0 Å². The summed E-state index contributed by atoms with van der Waals surface area (Å²) in [6, 6.07) is 3.54. The van der Waals surface area contributed by atoms with Gasteiger partial charge in [-0.1, -0.05) is 12.8 Å². The molecule has 2 rings (SSSR count). The van der Waals surface area contributed by atoms with E-state index in [1.54, 1.807) is 18.3 Å². The van der Waals surface area contributed by atoms with E-state index >= 15 is 0 Å². The van der Waals surface area contributed by atoms with Crippen LogP contribution in [0.5, 0.6) is 0 Å². The Bertz CT molecular complexity index is 440. The maximum atomic E-state index is 10.4. The number of nitrogens with two attached hydrogens (primary N) is 1. The molecule has 0 saturated heterocycles. The highest BCUT2D eigenvalue weighted by Crippen LogP contribution is 2.31. The number of nitrogens with zero attached hydrogens (tertiary/aromatic N) is 2. The predicted molar refractivity (Wildman–Crippen MR) is 71.9 cm³/mol. The molecule has 0 radical (unpaired) electrons. The van der Waals surface area contributed by atoms with Crippen LogP contribution in [0.2, 0.25) is 0 Å². The van der Waals surface area contributed by atoms with Crippen LogP contribution < -0.4 is 10.6 Å². The molecule has 5 nitrogen and oxygen atoms in total. The maximum Gasteiger partial charge on any atom is 0.139 e. The topological polar surface area (TPSA) is 86.2 Å². The number of pyridine rings is 1. The number of amidine groups is 1. The van der Waals surface area contributed by atoms with Gasteiger partial charge in [-0.2, -0.15) is 0 Å². The maximum absolute atomic E-state index is 10.4. The van der Waals surface area contributed by atoms with Crippen LogP contribution in [0, 0.1) is 5.41 Å². The molecule has 0 bridgehead atoms. The van der Waals surface area contributed by atoms with E-state index in [0.29, 0.717) is 17.9 Å². The quantitative estimate of drug-likeness (QED) is 0.550. The van der Waals surface area contributed by atoms with E-state index in [2.05, 4.69) is 4.98 Å². The zero-order valence-corrected chi connectivity index (χ0v) is 10.7. The van der Waals surface area contributed by atoms with Crippen molar-refractivity contribution >= 4 is 11.7 Å². The Kier molecular flexibility index (Phi) is 3.52. The number of rotatable bonds is 4. The second-order valence-electron chi connectivity index (χ2n) is 5.08. The largest absolute Gasteiger partial charge is 0.388 e. The lowest BCUT2D eigenvalue weighted by molar-refractivity contribution is 0.0558. The van der Waals surface area contributed by atoms with Gasteiger partial charge in [-0.3, -0.25) is 5.41 Å². The standard InChI is InChI=1S/C13H20N4O/c1-17(9-13(18)6-2-3-7-13)12-10(11(14)15)5-4-8-16-12/h4-5,8,18H,2-3,6-7,9H2,1H3,(H3,14,15). The first kappa shape index (κ1) is 12.8. The zero-order valence-electron chi connectivity index (χ0n) is 10.7. The number of likely N-dealkylation sites (N-methyl/N-ethyl adjacent to an activating group) is 1. The fourth-order valence-corrected chi connectivity index (χ4v) is 2.62. The summed E-state index contributed by atoms with van der Waals surface area (Å²) in [7, 11) is 1.88. The molecular formula is C13H20N4O. The second kappa shape index (κ2) is 4.94. The minimum absolute atomic E-state index is 0.00311. The van der Waals surface area contributed by atoms with Gasteiger partial charge in [-0.15, -0.1) is 0 Å². The average molecular weight is 248 g/mol. The number of aromatic nitrogens is 1. The van der Waals surface area contributed by atoms with Crippen LogP contribution in [0.3, 0.4) is 0 Å². The van der Waals surface area contributed by atoms with Crippen molar-refractivity contribution in [1.82, 2.24) is 4.98 Å². The summed E-state index contributed by atoms with van der Waals surface area (Å²) in [6.45, 7) is 0.532. The van der Waals surface area contributed by atoms with Crippen LogP contribution in [0.15, 0.2) is 18.3 Å². The smallest absolute Gasteiger partial charge is 0.139 e. The van der Waals surface area contributed by atoms with Crippen LogP contribution >= 0.6 is 0 Å². The first-order valence-electron chi connectivity index (χ1n) is 6.25. The number of hydrogen-bond donors (Lipinski definition) is 3. The van der Waals surface area contributed by atoms with E-state index in [1.165, 1.54) is 0 Å². The van der Waals surface area contributed by atoms with E-state index in [-0.39, 0.29) is 5.84 Å². The molecule has 0 spiro atoms. The summed E-state index contributed by atoms with van der Waals surface area (Å²) >= 11 is 0. The molecule has 1 aliphatic rings. The molecule has 0 unspecified atom stereocenters. The van der Waals surface area contributed by atoms with Crippen LogP contribution in [-0.4, -0.2) is 35.1 Å². The Morgan fingerprint density at radius 2 is 2.22 bits per heavy atom. The van der Waals surface area contributed by atoms with Crippen molar-refractivity contribution in [2.75, 3.05) is 18.5 Å². The van der Waals surface area contributed by atoms with Gasteiger partial charge in [-0.05, 0) is 25.0 Å². The Morgan fingerprint density at radius 1 is 1.56 bits per heavy atom. The normalized spacial score (nSPS) is 17.7. The molecule has 1 aromatic heterocycles. The molecule has 4 N–H and O–H groups in total. The van der Waals surface area contributed by atoms with Gasteiger partial charge in [0.05, 0.1) is 11.2 Å². The van der Waals surface area contributed by atoms with E-state index in [4.69, 9.17) is 11.1 Å². The summed E-state index contributed by atoms with van der Waals surface area (Å²) in [4.78, 5) is 6.16. The molecule has 18 heavy (non-hydrogen) atoms. The minimum atomic E-state index is -0.625. The summed E-state index contributed by atoms with van der Waals surface area (Å²) in [5.74, 6) is 0.661. The Balaban J connectivity index is 2.18. The number of nitrogens with one attached hydrogen (secondary N) is 1. The van der Waals surface area contributed by atoms with Crippen molar-refractivity contribution in [2.45, 2.75) is 31.3 Å². The highest BCUT2D eigenvalue weighted by atomic mass is 16.3. The van der Waals surface area contributed by atoms with Crippen molar-refractivity contribution in [1.29, 1.82) is 5.41 Å². The van der Waals surface area contributed by atoms with E-state index in [9.17, 15) is 5.11 Å².